The molecule has 0 aliphatic carbocycles. The fourth-order valence-corrected chi connectivity index (χ4v) is 6.66. The van der Waals surface area contributed by atoms with Crippen molar-refractivity contribution in [3.8, 4) is 45.6 Å². The van der Waals surface area contributed by atoms with Gasteiger partial charge in [-0.05, 0) is 130 Å². The Hall–Kier alpha value is -5.88. The van der Waals surface area contributed by atoms with Crippen molar-refractivity contribution in [1.82, 2.24) is 0 Å². The zero-order valence-corrected chi connectivity index (χ0v) is 28.7. The highest BCUT2D eigenvalue weighted by Gasteiger charge is 2.20. The van der Waals surface area contributed by atoms with Crippen LogP contribution in [0.5, 0.6) is 34.5 Å². The van der Waals surface area contributed by atoms with Crippen molar-refractivity contribution in [2.75, 3.05) is 0 Å². The molecule has 0 fully saturated rings. The maximum atomic E-state index is 11.7. The van der Waals surface area contributed by atoms with Crippen LogP contribution in [0.1, 0.15) is 66.8 Å². The predicted octanol–water partition coefficient (Wildman–Crippen LogP) is 9.18. The lowest BCUT2D eigenvalue weighted by atomic mass is 9.88. The Kier molecular flexibility index (Phi) is 9.47. The molecular weight excluding hydrogens is 624 g/mol. The quantitative estimate of drug-likeness (QED) is 0.0915. The molecule has 0 aromatic heterocycles. The maximum absolute atomic E-state index is 11.7. The minimum Gasteiger partial charge on any atom is -0.507 e. The molecule has 6 heteroatoms. The van der Waals surface area contributed by atoms with Gasteiger partial charge in [0.2, 0.25) is 0 Å². The number of aromatic hydroxyl groups is 6. The van der Waals surface area contributed by atoms with Gasteiger partial charge < -0.3 is 30.6 Å². The molecule has 0 saturated carbocycles. The molecule has 0 aliphatic heterocycles. The van der Waals surface area contributed by atoms with Gasteiger partial charge in [-0.3, -0.25) is 0 Å². The molecule has 0 heterocycles. The van der Waals surface area contributed by atoms with E-state index >= 15 is 0 Å². The van der Waals surface area contributed by atoms with Gasteiger partial charge in [-0.15, -0.1) is 0 Å². The molecule has 0 aliphatic rings. The molecule has 254 valence electrons. The topological polar surface area (TPSA) is 121 Å². The molecule has 0 radical (unpaired) electrons. The van der Waals surface area contributed by atoms with Crippen LogP contribution in [0.15, 0.2) is 97.1 Å². The minimum absolute atomic E-state index is 0.0733. The SMILES string of the molecule is Cc1cccc(Cc2cc(-c3cc(Cc4cccc(C)c4O)c(O)c(Cc4cccc(C)c4O)c3)cc(Cc3cccc(C)c3O)c2O)c1O. The van der Waals surface area contributed by atoms with Crippen molar-refractivity contribution in [2.24, 2.45) is 0 Å². The van der Waals surface area contributed by atoms with Crippen LogP contribution < -0.4 is 0 Å². The third-order valence-corrected chi connectivity index (χ3v) is 9.68. The van der Waals surface area contributed by atoms with E-state index in [0.717, 1.165) is 33.4 Å². The van der Waals surface area contributed by atoms with E-state index in [9.17, 15) is 30.6 Å². The van der Waals surface area contributed by atoms with Gasteiger partial charge in [0.1, 0.15) is 34.5 Å². The summed E-state index contributed by atoms with van der Waals surface area (Å²) in [6.07, 6.45) is 1.02. The molecule has 0 saturated heterocycles. The highest BCUT2D eigenvalue weighted by atomic mass is 16.3. The van der Waals surface area contributed by atoms with Crippen molar-refractivity contribution in [3.63, 3.8) is 0 Å². The fourth-order valence-electron chi connectivity index (χ4n) is 6.66. The van der Waals surface area contributed by atoms with Crippen LogP contribution in [-0.4, -0.2) is 30.6 Å². The van der Waals surface area contributed by atoms with E-state index < -0.39 is 0 Å². The highest BCUT2D eigenvalue weighted by molar-refractivity contribution is 5.72. The number of hydrogen-bond acceptors (Lipinski definition) is 6. The summed E-state index contributed by atoms with van der Waals surface area (Å²) in [6, 6.07) is 29.7. The monoisotopic (exact) mass is 666 g/mol. The van der Waals surface area contributed by atoms with E-state index in [-0.39, 0.29) is 60.2 Å². The second-order valence-electron chi connectivity index (χ2n) is 13.3. The van der Waals surface area contributed by atoms with Crippen LogP contribution in [0.2, 0.25) is 0 Å². The summed E-state index contributed by atoms with van der Waals surface area (Å²) >= 11 is 0. The highest BCUT2D eigenvalue weighted by Crippen LogP contribution is 2.40. The van der Waals surface area contributed by atoms with Gasteiger partial charge in [0.25, 0.3) is 0 Å². The van der Waals surface area contributed by atoms with Crippen LogP contribution in [0.25, 0.3) is 11.1 Å². The molecule has 0 spiro atoms. The van der Waals surface area contributed by atoms with Crippen LogP contribution in [-0.2, 0) is 25.7 Å². The van der Waals surface area contributed by atoms with Gasteiger partial charge in [0.15, 0.2) is 0 Å². The Morgan fingerprint density at radius 1 is 0.300 bits per heavy atom. The third kappa shape index (κ3) is 6.83. The maximum Gasteiger partial charge on any atom is 0.122 e. The molecule has 0 unspecified atom stereocenters. The number of para-hydroxylation sites is 4. The molecular formula is C44H42O6. The Morgan fingerprint density at radius 2 is 0.520 bits per heavy atom. The van der Waals surface area contributed by atoms with Crippen LogP contribution in [0, 0.1) is 27.7 Å². The summed E-state index contributed by atoms with van der Waals surface area (Å²) in [5.74, 6) is 0.814. The van der Waals surface area contributed by atoms with Gasteiger partial charge >= 0.3 is 0 Å². The number of phenols is 6. The molecule has 6 aromatic carbocycles. The molecule has 0 amide bonds. The van der Waals surface area contributed by atoms with E-state index in [0.29, 0.717) is 44.5 Å². The van der Waals surface area contributed by atoms with Gasteiger partial charge in [-0.1, -0.05) is 72.8 Å². The second-order valence-corrected chi connectivity index (χ2v) is 13.3. The molecule has 50 heavy (non-hydrogen) atoms. The number of benzene rings is 6. The average molecular weight is 667 g/mol. The van der Waals surface area contributed by atoms with Crippen LogP contribution in [0.3, 0.4) is 0 Å². The van der Waals surface area contributed by atoms with E-state index in [4.69, 9.17) is 0 Å². The van der Waals surface area contributed by atoms with E-state index in [1.54, 1.807) is 0 Å². The normalized spacial score (nSPS) is 11.2. The fraction of sp³-hybridized carbons (Fsp3) is 0.182. The zero-order valence-electron chi connectivity index (χ0n) is 28.7. The Labute approximate surface area is 292 Å². The van der Waals surface area contributed by atoms with Gasteiger partial charge in [0, 0.05) is 25.7 Å². The summed E-state index contributed by atoms with van der Waals surface area (Å²) in [4.78, 5) is 0. The first-order chi connectivity index (χ1) is 23.9. The van der Waals surface area contributed by atoms with Gasteiger partial charge in [0.05, 0.1) is 0 Å². The van der Waals surface area contributed by atoms with Crippen molar-refractivity contribution < 1.29 is 30.6 Å². The van der Waals surface area contributed by atoms with Crippen LogP contribution in [0.4, 0.5) is 0 Å². The first kappa shape index (κ1) is 34.0. The summed E-state index contributed by atoms with van der Waals surface area (Å²) < 4.78 is 0. The smallest absolute Gasteiger partial charge is 0.122 e. The number of phenolic OH excluding ortho intramolecular Hbond substituents is 6. The number of aryl methyl sites for hydroxylation is 4. The lowest BCUT2D eigenvalue weighted by molar-refractivity contribution is 0.453. The third-order valence-electron chi connectivity index (χ3n) is 9.68. The average Bonchev–Trinajstić information content (AvgIpc) is 3.09. The molecule has 0 bridgehead atoms. The molecule has 6 N–H and O–H groups in total. The van der Waals surface area contributed by atoms with E-state index in [2.05, 4.69) is 0 Å². The first-order valence-electron chi connectivity index (χ1n) is 16.7. The zero-order chi connectivity index (χ0) is 35.7. The minimum atomic E-state index is 0.0733. The largest absolute Gasteiger partial charge is 0.507 e. The number of rotatable bonds is 9. The van der Waals surface area contributed by atoms with Gasteiger partial charge in [-0.25, -0.2) is 0 Å². The Bertz CT molecular complexity index is 1920. The molecule has 6 aromatic rings. The van der Waals surface area contributed by atoms with Crippen molar-refractivity contribution in [3.05, 3.63) is 164 Å². The first-order valence-corrected chi connectivity index (χ1v) is 16.7. The van der Waals surface area contributed by atoms with E-state index in [1.165, 1.54) is 0 Å². The molecule has 0 atom stereocenters. The summed E-state index contributed by atoms with van der Waals surface area (Å²) in [5, 5.41) is 67.0. The lowest BCUT2D eigenvalue weighted by Gasteiger charge is -2.18. The van der Waals surface area contributed by atoms with Gasteiger partial charge in [-0.2, -0.15) is 0 Å². The molecule has 6 nitrogen and oxygen atoms in total. The second kappa shape index (κ2) is 13.9. The number of hydrogen-bond donors (Lipinski definition) is 6. The van der Waals surface area contributed by atoms with Crippen molar-refractivity contribution >= 4 is 0 Å². The Balaban J connectivity index is 1.55. The Morgan fingerprint density at radius 3 is 0.740 bits per heavy atom. The summed E-state index contributed by atoms with van der Waals surface area (Å²) in [7, 11) is 0. The summed E-state index contributed by atoms with van der Waals surface area (Å²) in [6.45, 7) is 7.33. The predicted molar refractivity (Wildman–Crippen MR) is 198 cm³/mol. The van der Waals surface area contributed by atoms with Crippen molar-refractivity contribution in [1.29, 1.82) is 0 Å². The lowest BCUT2D eigenvalue weighted by Crippen LogP contribution is -2.00. The van der Waals surface area contributed by atoms with Crippen LogP contribution >= 0.6 is 0 Å². The summed E-state index contributed by atoms with van der Waals surface area (Å²) in [5.41, 5.74) is 9.48. The standard InChI is InChI=1S/C44H42O6/c1-25-9-5-13-29(39(25)45)17-35-21-33(22-36(43(35)49)18-30-14-6-10-26(2)40(30)46)34-23-37(19-31-15-7-11-27(3)41(31)47)44(50)38(24-34)20-32-16-8-12-28(4)42(32)48/h5-16,21-24,45-50H,17-20H2,1-4H3. The van der Waals surface area contributed by atoms with E-state index in [1.807, 2.05) is 125 Å². The molecule has 6 rings (SSSR count). The van der Waals surface area contributed by atoms with Crippen molar-refractivity contribution in [2.45, 2.75) is 53.4 Å².